The molecule has 5 heteroatoms. The highest BCUT2D eigenvalue weighted by molar-refractivity contribution is 5.97. The number of aromatic nitrogens is 2. The van der Waals surface area contributed by atoms with Crippen LogP contribution in [0.5, 0.6) is 0 Å². The van der Waals surface area contributed by atoms with Gasteiger partial charge in [-0.25, -0.2) is 4.98 Å². The molecular formula is C18H20N4O. The Balaban J connectivity index is 1.49. The Kier molecular flexibility index (Phi) is 3.48. The van der Waals surface area contributed by atoms with Crippen molar-refractivity contribution in [2.45, 2.75) is 19.8 Å². The summed E-state index contributed by atoms with van der Waals surface area (Å²) in [6.07, 6.45) is 5.38. The molecule has 118 valence electrons. The maximum absolute atomic E-state index is 12.9. The minimum Gasteiger partial charge on any atom is -0.355 e. The first kappa shape index (κ1) is 14.2. The number of hydrogen-bond donors (Lipinski definition) is 0. The summed E-state index contributed by atoms with van der Waals surface area (Å²) in [5.41, 5.74) is 3.28. The fraction of sp³-hybridized carbons (Fsp3) is 0.389. The Morgan fingerprint density at radius 3 is 2.96 bits per heavy atom. The largest absolute Gasteiger partial charge is 0.355 e. The van der Waals surface area contributed by atoms with Gasteiger partial charge in [0.15, 0.2) is 0 Å². The zero-order valence-electron chi connectivity index (χ0n) is 13.3. The zero-order chi connectivity index (χ0) is 15.8. The maximum Gasteiger partial charge on any atom is 0.231 e. The van der Waals surface area contributed by atoms with Gasteiger partial charge in [-0.05, 0) is 31.4 Å². The third-order valence-electron chi connectivity index (χ3n) is 4.76. The van der Waals surface area contributed by atoms with E-state index in [1.54, 1.807) is 12.4 Å². The molecule has 2 aromatic rings. The summed E-state index contributed by atoms with van der Waals surface area (Å²) in [4.78, 5) is 25.8. The molecule has 1 atom stereocenters. The van der Waals surface area contributed by atoms with Gasteiger partial charge in [0.2, 0.25) is 5.91 Å². The molecule has 2 aliphatic rings. The predicted molar refractivity (Wildman–Crippen MR) is 89.6 cm³/mol. The van der Waals surface area contributed by atoms with Crippen molar-refractivity contribution in [3.8, 4) is 0 Å². The highest BCUT2D eigenvalue weighted by Crippen LogP contribution is 2.31. The maximum atomic E-state index is 12.9. The van der Waals surface area contributed by atoms with Crippen LogP contribution in [0.3, 0.4) is 0 Å². The quantitative estimate of drug-likeness (QED) is 0.853. The zero-order valence-corrected chi connectivity index (χ0v) is 13.3. The molecule has 3 heterocycles. The molecule has 1 aromatic carbocycles. The van der Waals surface area contributed by atoms with E-state index in [0.717, 1.165) is 49.7 Å². The number of hydrogen-bond acceptors (Lipinski definition) is 4. The second-order valence-electron chi connectivity index (χ2n) is 6.32. The van der Waals surface area contributed by atoms with Crippen LogP contribution in [0.1, 0.15) is 17.7 Å². The van der Waals surface area contributed by atoms with Crippen molar-refractivity contribution in [1.29, 1.82) is 0 Å². The highest BCUT2D eigenvalue weighted by Gasteiger charge is 2.34. The number of para-hydroxylation sites is 1. The van der Waals surface area contributed by atoms with Gasteiger partial charge >= 0.3 is 0 Å². The summed E-state index contributed by atoms with van der Waals surface area (Å²) in [5, 5.41) is 0. The summed E-state index contributed by atoms with van der Waals surface area (Å²) < 4.78 is 0. The van der Waals surface area contributed by atoms with E-state index in [-0.39, 0.29) is 11.8 Å². The van der Waals surface area contributed by atoms with E-state index in [2.05, 4.69) is 27.0 Å². The summed E-state index contributed by atoms with van der Waals surface area (Å²) in [5.74, 6) is 1.17. The van der Waals surface area contributed by atoms with Crippen LogP contribution in [0.25, 0.3) is 0 Å². The van der Waals surface area contributed by atoms with Crippen LogP contribution < -0.4 is 9.80 Å². The van der Waals surface area contributed by atoms with Crippen molar-refractivity contribution >= 4 is 17.4 Å². The molecule has 1 unspecified atom stereocenters. The van der Waals surface area contributed by atoms with Crippen LogP contribution in [0.4, 0.5) is 11.5 Å². The first-order chi connectivity index (χ1) is 11.2. The fourth-order valence-corrected chi connectivity index (χ4v) is 3.56. The number of carbonyl (C=O) groups is 1. The molecule has 5 nitrogen and oxygen atoms in total. The Hall–Kier alpha value is -2.43. The second-order valence-corrected chi connectivity index (χ2v) is 6.32. The molecule has 1 saturated heterocycles. The highest BCUT2D eigenvalue weighted by atomic mass is 16.2. The molecule has 0 aliphatic carbocycles. The summed E-state index contributed by atoms with van der Waals surface area (Å²) in [6.45, 7) is 4.34. The number of benzene rings is 1. The molecule has 0 saturated carbocycles. The van der Waals surface area contributed by atoms with E-state index in [1.807, 2.05) is 24.0 Å². The van der Waals surface area contributed by atoms with Gasteiger partial charge in [0.25, 0.3) is 0 Å². The van der Waals surface area contributed by atoms with Crippen LogP contribution >= 0.6 is 0 Å². The van der Waals surface area contributed by atoms with Crippen molar-refractivity contribution in [3.63, 3.8) is 0 Å². The Bertz CT molecular complexity index is 745. The lowest BCUT2D eigenvalue weighted by atomic mass is 10.1. The normalized spacial score (nSPS) is 20.0. The molecule has 0 bridgehead atoms. The third kappa shape index (κ3) is 2.56. The van der Waals surface area contributed by atoms with E-state index in [0.29, 0.717) is 0 Å². The molecule has 4 rings (SSSR count). The first-order valence-corrected chi connectivity index (χ1v) is 8.15. The van der Waals surface area contributed by atoms with E-state index >= 15 is 0 Å². The van der Waals surface area contributed by atoms with Gasteiger partial charge in [0.1, 0.15) is 5.82 Å². The number of nitrogens with zero attached hydrogens (tertiary/aromatic N) is 4. The Labute approximate surface area is 136 Å². The molecular weight excluding hydrogens is 288 g/mol. The SMILES string of the molecule is Cc1cncc(N2CCC(C(=O)N3CCc4ccccc43)C2)n1. The molecule has 23 heavy (non-hydrogen) atoms. The minimum absolute atomic E-state index is 0.0449. The van der Waals surface area contributed by atoms with E-state index in [4.69, 9.17) is 0 Å². The van der Waals surface area contributed by atoms with Gasteiger partial charge in [-0.15, -0.1) is 0 Å². The molecule has 1 aromatic heterocycles. The molecule has 0 radical (unpaired) electrons. The number of fused-ring (bicyclic) bond motifs is 1. The van der Waals surface area contributed by atoms with Gasteiger partial charge in [0.05, 0.1) is 17.8 Å². The van der Waals surface area contributed by atoms with Crippen LogP contribution in [0.15, 0.2) is 36.7 Å². The molecule has 0 spiro atoms. The van der Waals surface area contributed by atoms with Gasteiger partial charge in [-0.1, -0.05) is 18.2 Å². The van der Waals surface area contributed by atoms with Crippen LogP contribution in [-0.4, -0.2) is 35.5 Å². The summed E-state index contributed by atoms with van der Waals surface area (Å²) >= 11 is 0. The van der Waals surface area contributed by atoms with Gasteiger partial charge in [-0.2, -0.15) is 0 Å². The van der Waals surface area contributed by atoms with Gasteiger partial charge in [-0.3, -0.25) is 9.78 Å². The summed E-state index contributed by atoms with van der Waals surface area (Å²) in [6, 6.07) is 8.22. The minimum atomic E-state index is 0.0449. The molecule has 1 fully saturated rings. The lowest BCUT2D eigenvalue weighted by molar-refractivity contribution is -0.121. The van der Waals surface area contributed by atoms with E-state index < -0.39 is 0 Å². The lowest BCUT2D eigenvalue weighted by Gasteiger charge is -2.22. The summed E-state index contributed by atoms with van der Waals surface area (Å²) in [7, 11) is 0. The van der Waals surface area contributed by atoms with E-state index in [9.17, 15) is 4.79 Å². The van der Waals surface area contributed by atoms with Crippen LogP contribution in [0.2, 0.25) is 0 Å². The van der Waals surface area contributed by atoms with Crippen LogP contribution in [0, 0.1) is 12.8 Å². The Morgan fingerprint density at radius 1 is 1.22 bits per heavy atom. The van der Waals surface area contributed by atoms with Crippen molar-refractivity contribution in [2.75, 3.05) is 29.4 Å². The third-order valence-corrected chi connectivity index (χ3v) is 4.76. The number of aryl methyl sites for hydroxylation is 1. The molecule has 1 amide bonds. The average molecular weight is 308 g/mol. The standard InChI is InChI=1S/C18H20N4O/c1-13-10-19-11-17(20-13)21-8-6-15(12-21)18(23)22-9-7-14-4-2-3-5-16(14)22/h2-5,10-11,15H,6-9,12H2,1H3. The predicted octanol–water partition coefficient (Wildman–Crippen LogP) is 2.20. The number of carbonyl (C=O) groups excluding carboxylic acids is 1. The van der Waals surface area contributed by atoms with Crippen molar-refractivity contribution in [2.24, 2.45) is 5.92 Å². The fourth-order valence-electron chi connectivity index (χ4n) is 3.56. The molecule has 0 N–H and O–H groups in total. The average Bonchev–Trinajstić information content (AvgIpc) is 3.22. The Morgan fingerprint density at radius 2 is 2.09 bits per heavy atom. The van der Waals surface area contributed by atoms with E-state index in [1.165, 1.54) is 5.56 Å². The van der Waals surface area contributed by atoms with Crippen molar-refractivity contribution in [3.05, 3.63) is 47.9 Å². The van der Waals surface area contributed by atoms with Crippen molar-refractivity contribution in [1.82, 2.24) is 9.97 Å². The van der Waals surface area contributed by atoms with Gasteiger partial charge < -0.3 is 9.80 Å². The second kappa shape index (κ2) is 5.65. The van der Waals surface area contributed by atoms with Gasteiger partial charge in [0, 0.05) is 31.5 Å². The van der Waals surface area contributed by atoms with Crippen LogP contribution in [-0.2, 0) is 11.2 Å². The molecule has 2 aliphatic heterocycles. The van der Waals surface area contributed by atoms with Crippen molar-refractivity contribution < 1.29 is 4.79 Å². The number of amides is 1. The topological polar surface area (TPSA) is 49.3 Å². The smallest absolute Gasteiger partial charge is 0.231 e. The first-order valence-electron chi connectivity index (χ1n) is 8.15. The number of rotatable bonds is 2. The number of anilines is 2. The monoisotopic (exact) mass is 308 g/mol. The lowest BCUT2D eigenvalue weighted by Crippen LogP contribution is -2.36.